The molecule has 0 spiro atoms. The Hall–Kier alpha value is -2.57. The van der Waals surface area contributed by atoms with Crippen molar-refractivity contribution in [2.45, 2.75) is 11.9 Å². The Morgan fingerprint density at radius 3 is 2.21 bits per heavy atom. The van der Waals surface area contributed by atoms with Crippen LogP contribution in [0.5, 0.6) is 17.2 Å². The van der Waals surface area contributed by atoms with Gasteiger partial charge in [0, 0.05) is 13.2 Å². The second kappa shape index (κ2) is 6.14. The first-order valence-corrected chi connectivity index (χ1v) is 7.34. The molecule has 2 aromatic rings. The van der Waals surface area contributed by atoms with Gasteiger partial charge in [-0.05, 0) is 29.8 Å². The van der Waals surface area contributed by atoms with E-state index < -0.39 is 17.7 Å². The van der Waals surface area contributed by atoms with Gasteiger partial charge in [-0.2, -0.15) is 0 Å². The molecule has 0 aliphatic carbocycles. The highest BCUT2D eigenvalue weighted by Gasteiger charge is 2.52. The molecule has 1 heterocycles. The molecular formula is C18H18O6. The first-order valence-electron chi connectivity index (χ1n) is 7.34. The van der Waals surface area contributed by atoms with Crippen molar-refractivity contribution in [1.29, 1.82) is 0 Å². The Balaban J connectivity index is 2.08. The van der Waals surface area contributed by atoms with Crippen LogP contribution >= 0.6 is 0 Å². The largest absolute Gasteiger partial charge is 0.497 e. The lowest BCUT2D eigenvalue weighted by molar-refractivity contribution is -0.205. The lowest BCUT2D eigenvalue weighted by Crippen LogP contribution is -2.51. The van der Waals surface area contributed by atoms with Crippen LogP contribution in [0.4, 0.5) is 0 Å². The monoisotopic (exact) mass is 330 g/mol. The van der Waals surface area contributed by atoms with Crippen molar-refractivity contribution in [3.05, 3.63) is 53.6 Å². The van der Waals surface area contributed by atoms with E-state index in [9.17, 15) is 9.90 Å². The molecule has 6 nitrogen and oxygen atoms in total. The maximum atomic E-state index is 12.8. The third-order valence-corrected chi connectivity index (χ3v) is 4.09. The summed E-state index contributed by atoms with van der Waals surface area (Å²) in [4.78, 5) is 12.8. The van der Waals surface area contributed by atoms with Crippen molar-refractivity contribution in [2.24, 2.45) is 0 Å². The van der Waals surface area contributed by atoms with Gasteiger partial charge in [0.05, 0.1) is 19.8 Å². The summed E-state index contributed by atoms with van der Waals surface area (Å²) in [5.41, 5.74) is 0.826. The Bertz CT molecular complexity index is 755. The number of hydrogen-bond acceptors (Lipinski definition) is 6. The van der Waals surface area contributed by atoms with Crippen molar-refractivity contribution < 1.29 is 28.8 Å². The van der Waals surface area contributed by atoms with Crippen LogP contribution in [0.15, 0.2) is 42.5 Å². The summed E-state index contributed by atoms with van der Waals surface area (Å²) in [6.45, 7) is 0. The minimum absolute atomic E-state index is 0.241. The van der Waals surface area contributed by atoms with Gasteiger partial charge in [-0.1, -0.05) is 12.1 Å². The minimum Gasteiger partial charge on any atom is -0.497 e. The van der Waals surface area contributed by atoms with Gasteiger partial charge in [0.25, 0.3) is 5.79 Å². The quantitative estimate of drug-likeness (QED) is 0.868. The predicted octanol–water partition coefficient (Wildman–Crippen LogP) is 2.36. The summed E-state index contributed by atoms with van der Waals surface area (Å²) < 4.78 is 21.3. The zero-order valence-electron chi connectivity index (χ0n) is 13.6. The zero-order chi connectivity index (χ0) is 17.3. The van der Waals surface area contributed by atoms with Gasteiger partial charge in [-0.3, -0.25) is 4.79 Å². The van der Waals surface area contributed by atoms with Crippen LogP contribution in [-0.2, 0) is 4.74 Å². The van der Waals surface area contributed by atoms with Crippen molar-refractivity contribution in [3.8, 4) is 17.2 Å². The number of benzene rings is 2. The Morgan fingerprint density at radius 1 is 1.00 bits per heavy atom. The smallest absolute Gasteiger partial charge is 0.273 e. The van der Waals surface area contributed by atoms with Gasteiger partial charge in [-0.15, -0.1) is 0 Å². The Labute approximate surface area is 139 Å². The van der Waals surface area contributed by atoms with E-state index in [1.165, 1.54) is 14.2 Å². The van der Waals surface area contributed by atoms with E-state index in [-0.39, 0.29) is 5.56 Å². The number of carbonyl (C=O) groups excluding carboxylic acids is 1. The molecular weight excluding hydrogens is 312 g/mol. The van der Waals surface area contributed by atoms with E-state index in [1.54, 1.807) is 49.6 Å². The van der Waals surface area contributed by atoms with Crippen molar-refractivity contribution in [3.63, 3.8) is 0 Å². The molecule has 1 aliphatic rings. The maximum absolute atomic E-state index is 12.8. The first-order chi connectivity index (χ1) is 11.5. The molecule has 0 bridgehead atoms. The van der Waals surface area contributed by atoms with Crippen LogP contribution < -0.4 is 14.2 Å². The van der Waals surface area contributed by atoms with Crippen LogP contribution in [-0.4, -0.2) is 38.0 Å². The number of hydrogen-bond donors (Lipinski definition) is 1. The van der Waals surface area contributed by atoms with Crippen molar-refractivity contribution in [2.75, 3.05) is 21.3 Å². The van der Waals surface area contributed by atoms with Gasteiger partial charge >= 0.3 is 0 Å². The third-order valence-electron chi connectivity index (χ3n) is 4.09. The Morgan fingerprint density at radius 2 is 1.62 bits per heavy atom. The number of aliphatic hydroxyl groups is 1. The average Bonchev–Trinajstić information content (AvgIpc) is 2.64. The van der Waals surface area contributed by atoms with E-state index in [0.29, 0.717) is 22.8 Å². The molecule has 0 fully saturated rings. The highest BCUT2D eigenvalue weighted by atomic mass is 16.7. The molecule has 2 aromatic carbocycles. The highest BCUT2D eigenvalue weighted by Crippen LogP contribution is 2.43. The molecule has 24 heavy (non-hydrogen) atoms. The molecule has 0 saturated carbocycles. The van der Waals surface area contributed by atoms with Crippen LogP contribution in [0.25, 0.3) is 0 Å². The summed E-state index contributed by atoms with van der Waals surface area (Å²) in [5.74, 6) is -1.13. The summed E-state index contributed by atoms with van der Waals surface area (Å²) in [6.07, 6.45) is -1.01. The van der Waals surface area contributed by atoms with Crippen LogP contribution in [0.2, 0.25) is 0 Å². The SMILES string of the molecule is COc1ccc(C2Oc3cc(OC)ccc3C(=O)C2(O)OC)cc1. The van der Waals surface area contributed by atoms with E-state index in [2.05, 4.69) is 0 Å². The lowest BCUT2D eigenvalue weighted by Gasteiger charge is -2.38. The molecule has 1 N–H and O–H groups in total. The van der Waals surface area contributed by atoms with E-state index in [1.807, 2.05) is 0 Å². The number of methoxy groups -OCH3 is 3. The van der Waals surface area contributed by atoms with Gasteiger partial charge in [0.15, 0.2) is 6.10 Å². The van der Waals surface area contributed by atoms with E-state index in [4.69, 9.17) is 18.9 Å². The average molecular weight is 330 g/mol. The molecule has 6 heteroatoms. The molecule has 0 saturated heterocycles. The van der Waals surface area contributed by atoms with Crippen molar-refractivity contribution in [1.82, 2.24) is 0 Å². The second-order valence-electron chi connectivity index (χ2n) is 5.36. The number of ether oxygens (including phenoxy) is 4. The van der Waals surface area contributed by atoms with Gasteiger partial charge in [0.1, 0.15) is 17.2 Å². The lowest BCUT2D eigenvalue weighted by atomic mass is 9.90. The standard InChI is InChI=1S/C18H18O6/c1-21-12-6-4-11(5-7-12)17-18(20,23-3)16(19)14-9-8-13(22-2)10-15(14)24-17/h4-10,17,20H,1-3H3. The fraction of sp³-hybridized carbons (Fsp3) is 0.278. The normalized spacial score (nSPS) is 22.5. The first kappa shape index (κ1) is 16.3. The topological polar surface area (TPSA) is 74.2 Å². The van der Waals surface area contributed by atoms with Crippen molar-refractivity contribution >= 4 is 5.78 Å². The zero-order valence-corrected chi connectivity index (χ0v) is 13.6. The van der Waals surface area contributed by atoms with E-state index in [0.717, 1.165) is 0 Å². The van der Waals surface area contributed by atoms with Crippen LogP contribution in [0, 0.1) is 0 Å². The number of fused-ring (bicyclic) bond motifs is 1. The third kappa shape index (κ3) is 2.50. The minimum atomic E-state index is -2.11. The molecule has 3 rings (SSSR count). The molecule has 0 aromatic heterocycles. The van der Waals surface area contributed by atoms with Crippen LogP contribution in [0.3, 0.4) is 0 Å². The fourth-order valence-electron chi connectivity index (χ4n) is 2.71. The summed E-state index contributed by atoms with van der Waals surface area (Å²) in [7, 11) is 4.36. The van der Waals surface area contributed by atoms with E-state index >= 15 is 0 Å². The number of ketones is 1. The molecule has 2 unspecified atom stereocenters. The predicted molar refractivity (Wildman–Crippen MR) is 85.6 cm³/mol. The Kier molecular flexibility index (Phi) is 4.17. The van der Waals surface area contributed by atoms with Gasteiger partial charge in [0.2, 0.25) is 5.78 Å². The van der Waals surface area contributed by atoms with Crippen LogP contribution in [0.1, 0.15) is 22.0 Å². The van der Waals surface area contributed by atoms with Gasteiger partial charge in [-0.25, -0.2) is 0 Å². The summed E-state index contributed by atoms with van der Waals surface area (Å²) in [5, 5.41) is 10.8. The molecule has 0 radical (unpaired) electrons. The number of carbonyl (C=O) groups is 1. The number of Topliss-reactive ketones (excluding diaryl/α,β-unsaturated/α-hetero) is 1. The van der Waals surface area contributed by atoms with Gasteiger partial charge < -0.3 is 24.1 Å². The summed E-state index contributed by atoms with van der Waals surface area (Å²) in [6, 6.07) is 11.7. The summed E-state index contributed by atoms with van der Waals surface area (Å²) >= 11 is 0. The second-order valence-corrected chi connectivity index (χ2v) is 5.36. The molecule has 0 amide bonds. The molecule has 126 valence electrons. The molecule has 1 aliphatic heterocycles. The highest BCUT2D eigenvalue weighted by molar-refractivity contribution is 6.05. The number of rotatable bonds is 4. The molecule has 2 atom stereocenters. The maximum Gasteiger partial charge on any atom is 0.273 e. The fourth-order valence-corrected chi connectivity index (χ4v) is 2.71.